The van der Waals surface area contributed by atoms with E-state index in [1.54, 1.807) is 0 Å². The van der Waals surface area contributed by atoms with Crippen LogP contribution in [-0.2, 0) is 4.74 Å². The second kappa shape index (κ2) is 4.56. The van der Waals surface area contributed by atoms with E-state index in [4.69, 9.17) is 4.74 Å². The van der Waals surface area contributed by atoms with Crippen molar-refractivity contribution in [1.82, 2.24) is 0 Å². The third-order valence-corrected chi connectivity index (χ3v) is 3.94. The van der Waals surface area contributed by atoms with Crippen molar-refractivity contribution in [2.75, 3.05) is 6.61 Å². The van der Waals surface area contributed by atoms with Crippen molar-refractivity contribution in [2.24, 2.45) is 5.92 Å². The summed E-state index contributed by atoms with van der Waals surface area (Å²) in [6.07, 6.45) is 9.41. The van der Waals surface area contributed by atoms with E-state index in [2.05, 4.69) is 6.92 Å². The molecule has 0 spiro atoms. The first-order chi connectivity index (χ1) is 7.24. The summed E-state index contributed by atoms with van der Waals surface area (Å²) < 4.78 is 5.35. The molecule has 0 bridgehead atoms. The van der Waals surface area contributed by atoms with Gasteiger partial charge < -0.3 is 9.84 Å². The van der Waals surface area contributed by atoms with Crippen molar-refractivity contribution in [2.45, 2.75) is 57.5 Å². The maximum Gasteiger partial charge on any atom is 0.0891 e. The molecule has 1 heterocycles. The van der Waals surface area contributed by atoms with Gasteiger partial charge in [-0.15, -0.1) is 0 Å². The highest BCUT2D eigenvalue weighted by atomic mass is 16.5. The van der Waals surface area contributed by atoms with Gasteiger partial charge in [0.1, 0.15) is 0 Å². The number of aliphatic hydroxyl groups is 1. The second-order valence-electron chi connectivity index (χ2n) is 5.02. The van der Waals surface area contributed by atoms with E-state index in [-0.39, 0.29) is 0 Å². The fraction of sp³-hybridized carbons (Fsp3) is 0.846. The van der Waals surface area contributed by atoms with Gasteiger partial charge in [-0.1, -0.05) is 19.8 Å². The van der Waals surface area contributed by atoms with Crippen molar-refractivity contribution >= 4 is 0 Å². The average Bonchev–Trinajstić information content (AvgIpc) is 2.30. The first-order valence-electron chi connectivity index (χ1n) is 6.28. The quantitative estimate of drug-likeness (QED) is 0.759. The maximum absolute atomic E-state index is 10.6. The molecular weight excluding hydrogens is 188 g/mol. The predicted molar refractivity (Wildman–Crippen MR) is 60.5 cm³/mol. The molecule has 0 aromatic heterocycles. The smallest absolute Gasteiger partial charge is 0.0891 e. The summed E-state index contributed by atoms with van der Waals surface area (Å²) in [5.74, 6) is 0.701. The van der Waals surface area contributed by atoms with E-state index < -0.39 is 5.60 Å². The van der Waals surface area contributed by atoms with Crippen molar-refractivity contribution in [3.05, 3.63) is 11.8 Å². The zero-order chi connectivity index (χ0) is 10.7. The lowest BCUT2D eigenvalue weighted by molar-refractivity contribution is 0.00624. The lowest BCUT2D eigenvalue weighted by Gasteiger charge is -2.39. The van der Waals surface area contributed by atoms with Gasteiger partial charge in [0.05, 0.1) is 18.5 Å². The summed E-state index contributed by atoms with van der Waals surface area (Å²) in [6.45, 7) is 3.04. The van der Waals surface area contributed by atoms with Gasteiger partial charge in [-0.25, -0.2) is 0 Å². The van der Waals surface area contributed by atoms with E-state index in [0.29, 0.717) is 5.92 Å². The van der Waals surface area contributed by atoms with Crippen LogP contribution in [0.25, 0.3) is 0 Å². The van der Waals surface area contributed by atoms with Crippen LogP contribution < -0.4 is 0 Å². The van der Waals surface area contributed by atoms with Gasteiger partial charge in [0.25, 0.3) is 0 Å². The van der Waals surface area contributed by atoms with Crippen LogP contribution in [0.2, 0.25) is 0 Å². The molecule has 2 unspecified atom stereocenters. The maximum atomic E-state index is 10.6. The third-order valence-electron chi connectivity index (χ3n) is 3.94. The van der Waals surface area contributed by atoms with Crippen molar-refractivity contribution in [3.8, 4) is 0 Å². The minimum absolute atomic E-state index is 0.542. The highest BCUT2D eigenvalue weighted by molar-refractivity contribution is 5.17. The Bertz CT molecular complexity index is 247. The molecule has 1 saturated carbocycles. The van der Waals surface area contributed by atoms with Crippen molar-refractivity contribution in [1.29, 1.82) is 0 Å². The molecule has 2 atom stereocenters. The molecule has 0 radical (unpaired) electrons. The zero-order valence-corrected chi connectivity index (χ0v) is 9.67. The van der Waals surface area contributed by atoms with Crippen LogP contribution in [0.1, 0.15) is 51.9 Å². The minimum Gasteiger partial charge on any atom is -0.501 e. The Hall–Kier alpha value is -0.500. The molecule has 0 aromatic carbocycles. The third kappa shape index (κ3) is 2.36. The number of hydrogen-bond acceptors (Lipinski definition) is 2. The van der Waals surface area contributed by atoms with Gasteiger partial charge >= 0.3 is 0 Å². The minimum atomic E-state index is -0.542. The van der Waals surface area contributed by atoms with Crippen LogP contribution in [0.4, 0.5) is 0 Å². The van der Waals surface area contributed by atoms with E-state index in [9.17, 15) is 5.11 Å². The van der Waals surface area contributed by atoms with E-state index in [0.717, 1.165) is 44.3 Å². The van der Waals surface area contributed by atoms with E-state index >= 15 is 0 Å². The Balaban J connectivity index is 2.07. The number of hydrogen-bond donors (Lipinski definition) is 1. The standard InChI is InChI=1S/C13H22O2/c1-2-11-5-3-7-13(14,9-11)12-6-4-8-15-10-12/h10-11,14H,2-9H2,1H3. The highest BCUT2D eigenvalue weighted by Crippen LogP contribution is 2.40. The van der Waals surface area contributed by atoms with Crippen molar-refractivity contribution in [3.63, 3.8) is 0 Å². The topological polar surface area (TPSA) is 29.5 Å². The number of rotatable bonds is 2. The SMILES string of the molecule is CCC1CCCC(O)(C2=COCCC2)C1. The summed E-state index contributed by atoms with van der Waals surface area (Å²) >= 11 is 0. The summed E-state index contributed by atoms with van der Waals surface area (Å²) in [5, 5.41) is 10.6. The largest absolute Gasteiger partial charge is 0.501 e. The molecular formula is C13H22O2. The lowest BCUT2D eigenvalue weighted by atomic mass is 9.72. The van der Waals surface area contributed by atoms with Gasteiger partial charge in [0.2, 0.25) is 0 Å². The highest BCUT2D eigenvalue weighted by Gasteiger charge is 2.37. The first-order valence-corrected chi connectivity index (χ1v) is 6.28. The molecule has 86 valence electrons. The van der Waals surface area contributed by atoms with E-state index in [1.165, 1.54) is 12.8 Å². The molecule has 2 nitrogen and oxygen atoms in total. The fourth-order valence-corrected chi connectivity index (χ4v) is 2.91. The molecule has 15 heavy (non-hydrogen) atoms. The van der Waals surface area contributed by atoms with Gasteiger partial charge in [-0.05, 0) is 43.6 Å². The molecule has 0 aromatic rings. The Morgan fingerprint density at radius 1 is 1.53 bits per heavy atom. The van der Waals surface area contributed by atoms with E-state index in [1.807, 2.05) is 6.26 Å². The summed E-state index contributed by atoms with van der Waals surface area (Å²) in [7, 11) is 0. The normalized spacial score (nSPS) is 36.9. The lowest BCUT2D eigenvalue weighted by Crippen LogP contribution is -2.38. The van der Waals surface area contributed by atoms with Gasteiger partial charge in [-0.2, -0.15) is 0 Å². The molecule has 2 aliphatic rings. The number of ether oxygens (including phenoxy) is 1. The van der Waals surface area contributed by atoms with Gasteiger partial charge in [0.15, 0.2) is 0 Å². The Morgan fingerprint density at radius 3 is 3.07 bits per heavy atom. The fourth-order valence-electron chi connectivity index (χ4n) is 2.91. The molecule has 1 aliphatic heterocycles. The summed E-state index contributed by atoms with van der Waals surface area (Å²) in [6, 6.07) is 0. The first kappa shape index (κ1) is 11.0. The molecule has 1 N–H and O–H groups in total. The Kier molecular flexibility index (Phi) is 3.35. The van der Waals surface area contributed by atoms with Gasteiger partial charge in [-0.3, -0.25) is 0 Å². The Morgan fingerprint density at radius 2 is 2.40 bits per heavy atom. The van der Waals surface area contributed by atoms with Crippen LogP contribution in [0, 0.1) is 5.92 Å². The van der Waals surface area contributed by atoms with Crippen LogP contribution in [0.15, 0.2) is 11.8 Å². The predicted octanol–water partition coefficient (Wildman–Crippen LogP) is 3.01. The van der Waals surface area contributed by atoms with Crippen LogP contribution >= 0.6 is 0 Å². The second-order valence-corrected chi connectivity index (χ2v) is 5.02. The van der Waals surface area contributed by atoms with Crippen molar-refractivity contribution < 1.29 is 9.84 Å². The van der Waals surface area contributed by atoms with Crippen LogP contribution in [0.3, 0.4) is 0 Å². The molecule has 2 rings (SSSR count). The molecule has 2 heteroatoms. The van der Waals surface area contributed by atoms with Gasteiger partial charge in [0, 0.05) is 0 Å². The summed E-state index contributed by atoms with van der Waals surface area (Å²) in [5.41, 5.74) is 0.603. The molecule has 1 aliphatic carbocycles. The Labute approximate surface area is 92.3 Å². The zero-order valence-electron chi connectivity index (χ0n) is 9.67. The molecule has 1 fully saturated rings. The van der Waals surface area contributed by atoms with Crippen LogP contribution in [0.5, 0.6) is 0 Å². The average molecular weight is 210 g/mol. The van der Waals surface area contributed by atoms with Crippen LogP contribution in [-0.4, -0.2) is 17.3 Å². The monoisotopic (exact) mass is 210 g/mol. The molecule has 0 saturated heterocycles. The summed E-state index contributed by atoms with van der Waals surface area (Å²) in [4.78, 5) is 0. The molecule has 0 amide bonds.